The number of aromatic nitrogens is 1. The number of amides is 1. The standard InChI is InChI=1S/C41H54N6O7/c1-6-11-24-22-40(37(51)54-5,32-26(14-18-47(24)23-48)25-12-8-9-13-29(25)43-32)28-20-27-30(21-31(28)53-4)45(3)34-39(27)16-19-46-17-10-15-38(7-2,33(39)46)35(49)41(34,52)36(50)44-42/h8-10,12-13,15,20-21,24,33-35,43,48-49,52H,6-7,11,14,16-19,22-23,42H2,1-5H3,(H,44,50)/t24?,33-,34+,35+,38+,39+,40-,41-/m0/s1. The number of H-pyrrole nitrogens is 1. The maximum Gasteiger partial charge on any atom is 0.322 e. The van der Waals surface area contributed by atoms with Gasteiger partial charge >= 0.3 is 5.97 Å². The molecule has 1 aliphatic carbocycles. The third-order valence-corrected chi connectivity index (χ3v) is 14.2. The lowest BCUT2D eigenvalue weighted by Crippen LogP contribution is -2.82. The van der Waals surface area contributed by atoms with Crippen LogP contribution >= 0.6 is 0 Å². The lowest BCUT2D eigenvalue weighted by Gasteiger charge is -2.63. The van der Waals surface area contributed by atoms with Crippen LogP contribution in [0, 0.1) is 5.41 Å². The number of aliphatic hydroxyl groups excluding tert-OH is 2. The smallest absolute Gasteiger partial charge is 0.322 e. The van der Waals surface area contributed by atoms with Crippen molar-refractivity contribution in [2.75, 3.05) is 52.5 Å². The van der Waals surface area contributed by atoms with Gasteiger partial charge in [-0.15, -0.1) is 0 Å². The fourth-order valence-corrected chi connectivity index (χ4v) is 12.1. The van der Waals surface area contributed by atoms with Crippen molar-refractivity contribution in [2.45, 2.75) is 93.0 Å². The lowest BCUT2D eigenvalue weighted by molar-refractivity contribution is -0.203. The number of esters is 1. The fraction of sp³-hybridized carbons (Fsp3) is 0.561. The summed E-state index contributed by atoms with van der Waals surface area (Å²) in [6.45, 7) is 5.88. The number of anilines is 1. The first-order chi connectivity index (χ1) is 26.0. The van der Waals surface area contributed by atoms with Crippen molar-refractivity contribution < 1.29 is 34.4 Å². The van der Waals surface area contributed by atoms with Crippen LogP contribution in [0.1, 0.15) is 68.3 Å². The minimum absolute atomic E-state index is 0.162. The number of ether oxygens (including phenoxy) is 2. The summed E-state index contributed by atoms with van der Waals surface area (Å²) < 4.78 is 12.1. The normalized spacial score (nSPS) is 34.4. The maximum atomic E-state index is 15.1. The molecule has 8 rings (SSSR count). The molecule has 54 heavy (non-hydrogen) atoms. The average Bonchev–Trinajstić information content (AvgIpc) is 3.84. The summed E-state index contributed by atoms with van der Waals surface area (Å²) in [5, 5.41) is 37.0. The number of aromatic amines is 1. The summed E-state index contributed by atoms with van der Waals surface area (Å²) in [6, 6.07) is 10.6. The summed E-state index contributed by atoms with van der Waals surface area (Å²) in [7, 11) is 4.85. The van der Waals surface area contributed by atoms with E-state index < -0.39 is 45.9 Å². The molecule has 1 amide bonds. The van der Waals surface area contributed by atoms with Crippen LogP contribution in [0.15, 0.2) is 48.6 Å². The molecular weight excluding hydrogens is 688 g/mol. The Balaban J connectivity index is 1.47. The molecule has 13 heteroatoms. The molecule has 2 aromatic carbocycles. The van der Waals surface area contributed by atoms with Gasteiger partial charge in [0.15, 0.2) is 5.60 Å². The summed E-state index contributed by atoms with van der Waals surface area (Å²) in [4.78, 5) is 39.1. The summed E-state index contributed by atoms with van der Waals surface area (Å²) >= 11 is 0. The number of nitrogens with one attached hydrogen (secondary N) is 2. The van der Waals surface area contributed by atoms with Gasteiger partial charge in [-0.1, -0.05) is 50.6 Å². The van der Waals surface area contributed by atoms with Gasteiger partial charge in [-0.2, -0.15) is 0 Å². The molecule has 1 aromatic heterocycles. The van der Waals surface area contributed by atoms with Gasteiger partial charge in [0.1, 0.15) is 17.3 Å². The van der Waals surface area contributed by atoms with Gasteiger partial charge in [-0.3, -0.25) is 24.8 Å². The summed E-state index contributed by atoms with van der Waals surface area (Å²) in [5.41, 5.74) is 1.43. The van der Waals surface area contributed by atoms with Crippen LogP contribution in [-0.2, 0) is 31.6 Å². The van der Waals surface area contributed by atoms with E-state index in [-0.39, 0.29) is 18.8 Å². The van der Waals surface area contributed by atoms with E-state index in [1.54, 1.807) is 7.11 Å². The number of rotatable bonds is 8. The molecule has 1 unspecified atom stereocenters. The number of aliphatic hydroxyl groups is 3. The Morgan fingerprint density at radius 2 is 1.89 bits per heavy atom. The van der Waals surface area contributed by atoms with E-state index in [4.69, 9.17) is 15.3 Å². The number of carbonyl (C=O) groups is 2. The largest absolute Gasteiger partial charge is 0.496 e. The van der Waals surface area contributed by atoms with Crippen LogP contribution in [0.2, 0.25) is 0 Å². The van der Waals surface area contributed by atoms with E-state index >= 15 is 4.79 Å². The first kappa shape index (κ1) is 37.0. The predicted molar refractivity (Wildman–Crippen MR) is 204 cm³/mol. The molecule has 13 nitrogen and oxygen atoms in total. The van der Waals surface area contributed by atoms with Crippen molar-refractivity contribution in [2.24, 2.45) is 11.3 Å². The minimum Gasteiger partial charge on any atom is -0.496 e. The van der Waals surface area contributed by atoms with E-state index in [2.05, 4.69) is 39.3 Å². The first-order valence-electron chi connectivity index (χ1n) is 19.3. The lowest BCUT2D eigenvalue weighted by atomic mass is 9.47. The number of benzene rings is 2. The van der Waals surface area contributed by atoms with Gasteiger partial charge < -0.3 is 34.7 Å². The van der Waals surface area contributed by atoms with Crippen molar-refractivity contribution in [3.63, 3.8) is 0 Å². The molecule has 2 fully saturated rings. The quantitative estimate of drug-likeness (QED) is 0.0656. The van der Waals surface area contributed by atoms with Crippen LogP contribution in [0.5, 0.6) is 5.75 Å². The highest BCUT2D eigenvalue weighted by Gasteiger charge is 2.78. The second kappa shape index (κ2) is 13.1. The molecule has 3 aromatic rings. The topological polar surface area (TPSA) is 177 Å². The van der Waals surface area contributed by atoms with Crippen LogP contribution < -0.4 is 20.9 Å². The Morgan fingerprint density at radius 1 is 1.11 bits per heavy atom. The third-order valence-electron chi connectivity index (χ3n) is 14.2. The number of methoxy groups -OCH3 is 2. The Labute approximate surface area is 316 Å². The Bertz CT molecular complexity index is 2020. The highest BCUT2D eigenvalue weighted by atomic mass is 16.5. The van der Waals surface area contributed by atoms with E-state index in [1.165, 1.54) is 7.11 Å². The number of carbonyl (C=O) groups excluding carboxylic acids is 2. The number of nitrogens with two attached hydrogens (primary N) is 1. The fourth-order valence-electron chi connectivity index (χ4n) is 12.1. The van der Waals surface area contributed by atoms with Crippen molar-refractivity contribution in [1.29, 1.82) is 0 Å². The summed E-state index contributed by atoms with van der Waals surface area (Å²) in [6.07, 6.45) is 6.05. The van der Waals surface area contributed by atoms with Crippen LogP contribution in [-0.4, -0.2) is 119 Å². The van der Waals surface area contributed by atoms with Gasteiger partial charge in [0.05, 0.1) is 27.0 Å². The number of likely N-dealkylation sites (N-methyl/N-ethyl adjacent to an activating group) is 1. The van der Waals surface area contributed by atoms with E-state index in [9.17, 15) is 20.1 Å². The van der Waals surface area contributed by atoms with Crippen LogP contribution in [0.3, 0.4) is 0 Å². The number of fused-ring (bicyclic) bond motifs is 4. The first-order valence-corrected chi connectivity index (χ1v) is 19.3. The molecule has 0 radical (unpaired) electrons. The molecule has 1 spiro atoms. The highest BCUT2D eigenvalue weighted by Crippen LogP contribution is 2.67. The zero-order valence-corrected chi connectivity index (χ0v) is 31.9. The van der Waals surface area contributed by atoms with E-state index in [0.717, 1.165) is 46.3 Å². The van der Waals surface area contributed by atoms with Crippen molar-refractivity contribution >= 4 is 28.5 Å². The van der Waals surface area contributed by atoms with Crippen molar-refractivity contribution in [3.05, 3.63) is 70.9 Å². The Morgan fingerprint density at radius 3 is 2.57 bits per heavy atom. The second-order valence-electron chi connectivity index (χ2n) is 16.1. The highest BCUT2D eigenvalue weighted by molar-refractivity contribution is 5.95. The summed E-state index contributed by atoms with van der Waals surface area (Å²) in [5.74, 6) is 4.96. The van der Waals surface area contributed by atoms with E-state index in [0.29, 0.717) is 56.6 Å². The van der Waals surface area contributed by atoms with Gasteiger partial charge in [-0.25, -0.2) is 5.84 Å². The second-order valence-corrected chi connectivity index (χ2v) is 16.1. The molecule has 7 N–H and O–H groups in total. The number of para-hydroxylation sites is 1. The average molecular weight is 743 g/mol. The number of hydrazine groups is 1. The molecule has 0 bridgehead atoms. The predicted octanol–water partition coefficient (Wildman–Crippen LogP) is 2.19. The molecule has 290 valence electrons. The molecule has 8 atom stereocenters. The number of hydrogen-bond donors (Lipinski definition) is 6. The van der Waals surface area contributed by atoms with Crippen molar-refractivity contribution in [1.82, 2.24) is 20.2 Å². The molecule has 1 saturated heterocycles. The SMILES string of the molecule is CCCC1C[C@](C(=O)OC)(c2cc3c(cc2OC)N(C)[C@H]2[C@@](O)(C(=O)NN)[C@H](O)[C@]4(CC)C=CCN5CC[C@]32[C@@H]54)c2[nH]c3ccccc3c2CCN1CO. The molecule has 5 heterocycles. The number of hydrogen-bond acceptors (Lipinski definition) is 11. The molecule has 4 aliphatic heterocycles. The zero-order valence-electron chi connectivity index (χ0n) is 31.9. The van der Waals surface area contributed by atoms with E-state index in [1.807, 2.05) is 55.3 Å². The number of nitrogens with zero attached hydrogens (tertiary/aromatic N) is 3. The Hall–Kier alpha value is -3.98. The molecule has 5 aliphatic rings. The third kappa shape index (κ3) is 4.48. The van der Waals surface area contributed by atoms with Gasteiger partial charge in [0.25, 0.3) is 5.91 Å². The van der Waals surface area contributed by atoms with Crippen molar-refractivity contribution in [3.8, 4) is 5.75 Å². The van der Waals surface area contributed by atoms with Gasteiger partial charge in [0.2, 0.25) is 0 Å². The monoisotopic (exact) mass is 742 g/mol. The van der Waals surface area contributed by atoms with Gasteiger partial charge in [-0.05, 0) is 61.9 Å². The van der Waals surface area contributed by atoms with Crippen LogP contribution in [0.4, 0.5) is 5.69 Å². The Kier molecular flexibility index (Phi) is 8.94. The van der Waals surface area contributed by atoms with Crippen LogP contribution in [0.25, 0.3) is 10.9 Å². The minimum atomic E-state index is -2.31. The molecular formula is C41H54N6O7. The molecule has 1 saturated carbocycles. The van der Waals surface area contributed by atoms with Gasteiger partial charge in [0, 0.05) is 77.0 Å². The maximum absolute atomic E-state index is 15.1. The zero-order chi connectivity index (χ0) is 38.4.